The molecule has 1 aliphatic heterocycles. The van der Waals surface area contributed by atoms with Crippen LogP contribution in [0.4, 0.5) is 0 Å². The summed E-state index contributed by atoms with van der Waals surface area (Å²) >= 11 is 1.87. The van der Waals surface area contributed by atoms with Crippen molar-refractivity contribution >= 4 is 17.7 Å². The quantitative estimate of drug-likeness (QED) is 0.776. The SMILES string of the molecule is CC(C)SCCC(=O)N1CCN(C)CCN(Cc2ccccc2)CC1. The standard InChI is InChI=1S/C20H33N3OS/c1-18(2)25-16-9-20(24)23-14-11-21(3)10-12-22(13-15-23)17-19-7-5-4-6-8-19/h4-8,18H,9-17H2,1-3H3. The van der Waals surface area contributed by atoms with Crippen molar-refractivity contribution in [2.75, 3.05) is 52.1 Å². The van der Waals surface area contributed by atoms with Crippen LogP contribution in [0.3, 0.4) is 0 Å². The van der Waals surface area contributed by atoms with Crippen LogP contribution < -0.4 is 0 Å². The highest BCUT2D eigenvalue weighted by molar-refractivity contribution is 7.99. The molecule has 4 nitrogen and oxygen atoms in total. The van der Waals surface area contributed by atoms with Gasteiger partial charge in [-0.15, -0.1) is 0 Å². The zero-order valence-corrected chi connectivity index (χ0v) is 16.8. The monoisotopic (exact) mass is 363 g/mol. The number of likely N-dealkylation sites (N-methyl/N-ethyl adjacent to an activating group) is 1. The van der Waals surface area contributed by atoms with Crippen LogP contribution in [-0.4, -0.2) is 77.9 Å². The minimum Gasteiger partial charge on any atom is -0.340 e. The van der Waals surface area contributed by atoms with Gasteiger partial charge in [0.1, 0.15) is 0 Å². The molecule has 0 aliphatic carbocycles. The van der Waals surface area contributed by atoms with E-state index in [2.05, 4.69) is 65.9 Å². The highest BCUT2D eigenvalue weighted by Crippen LogP contribution is 2.12. The first kappa shape index (κ1) is 20.3. The van der Waals surface area contributed by atoms with Crippen molar-refractivity contribution in [2.24, 2.45) is 0 Å². The van der Waals surface area contributed by atoms with E-state index in [0.717, 1.165) is 51.6 Å². The topological polar surface area (TPSA) is 26.8 Å². The molecule has 0 unspecified atom stereocenters. The lowest BCUT2D eigenvalue weighted by atomic mass is 10.2. The lowest BCUT2D eigenvalue weighted by Gasteiger charge is -2.26. The maximum absolute atomic E-state index is 12.6. The molecule has 1 aliphatic rings. The fraction of sp³-hybridized carbons (Fsp3) is 0.650. The van der Waals surface area contributed by atoms with Gasteiger partial charge in [0.25, 0.3) is 0 Å². The molecule has 0 aromatic heterocycles. The van der Waals surface area contributed by atoms with Crippen LogP contribution in [0.2, 0.25) is 0 Å². The molecule has 25 heavy (non-hydrogen) atoms. The summed E-state index contributed by atoms with van der Waals surface area (Å²) in [6.07, 6.45) is 0.658. The lowest BCUT2D eigenvalue weighted by Crippen LogP contribution is -2.39. The van der Waals surface area contributed by atoms with E-state index >= 15 is 0 Å². The Labute approximate surface area is 157 Å². The van der Waals surface area contributed by atoms with Gasteiger partial charge in [-0.3, -0.25) is 9.69 Å². The van der Waals surface area contributed by atoms with Crippen molar-refractivity contribution in [3.63, 3.8) is 0 Å². The fourth-order valence-electron chi connectivity index (χ4n) is 2.99. The maximum atomic E-state index is 12.6. The van der Waals surface area contributed by atoms with Crippen molar-refractivity contribution in [3.8, 4) is 0 Å². The van der Waals surface area contributed by atoms with Gasteiger partial charge in [0, 0.05) is 58.0 Å². The summed E-state index contributed by atoms with van der Waals surface area (Å²) in [5.41, 5.74) is 1.34. The summed E-state index contributed by atoms with van der Waals surface area (Å²) in [6, 6.07) is 10.6. The van der Waals surface area contributed by atoms with Crippen LogP contribution in [0.15, 0.2) is 30.3 Å². The highest BCUT2D eigenvalue weighted by atomic mass is 32.2. The van der Waals surface area contributed by atoms with Crippen LogP contribution in [0, 0.1) is 0 Å². The van der Waals surface area contributed by atoms with E-state index in [1.165, 1.54) is 5.56 Å². The Morgan fingerprint density at radius 2 is 1.68 bits per heavy atom. The molecule has 1 aromatic rings. The molecule has 0 atom stereocenters. The third-order valence-electron chi connectivity index (χ3n) is 4.60. The van der Waals surface area contributed by atoms with Crippen LogP contribution in [0.5, 0.6) is 0 Å². The Kier molecular flexibility index (Phi) is 8.79. The summed E-state index contributed by atoms with van der Waals surface area (Å²) in [7, 11) is 2.16. The van der Waals surface area contributed by atoms with Gasteiger partial charge < -0.3 is 9.80 Å². The lowest BCUT2D eigenvalue weighted by molar-refractivity contribution is -0.131. The second kappa shape index (κ2) is 10.8. The predicted molar refractivity (Wildman–Crippen MR) is 108 cm³/mol. The van der Waals surface area contributed by atoms with Crippen molar-refractivity contribution in [1.82, 2.24) is 14.7 Å². The minimum atomic E-state index is 0.308. The molecule has 140 valence electrons. The van der Waals surface area contributed by atoms with Crippen molar-refractivity contribution < 1.29 is 4.79 Å². The summed E-state index contributed by atoms with van der Waals surface area (Å²) in [4.78, 5) is 19.5. The zero-order valence-electron chi connectivity index (χ0n) is 16.0. The number of hydrogen-bond donors (Lipinski definition) is 0. The maximum Gasteiger partial charge on any atom is 0.223 e. The van der Waals surface area contributed by atoms with Crippen LogP contribution in [0.1, 0.15) is 25.8 Å². The first-order chi connectivity index (χ1) is 12.0. The molecule has 5 heteroatoms. The average molecular weight is 364 g/mol. The van der Waals surface area contributed by atoms with Gasteiger partial charge in [-0.25, -0.2) is 0 Å². The number of carbonyl (C=O) groups excluding carboxylic acids is 1. The van der Waals surface area contributed by atoms with Crippen LogP contribution >= 0.6 is 11.8 Å². The molecule has 1 heterocycles. The highest BCUT2D eigenvalue weighted by Gasteiger charge is 2.18. The number of nitrogens with zero attached hydrogens (tertiary/aromatic N) is 3. The molecular formula is C20H33N3OS. The van der Waals surface area contributed by atoms with Gasteiger partial charge in [0.2, 0.25) is 5.91 Å². The molecule has 0 N–H and O–H groups in total. The number of amides is 1. The van der Waals surface area contributed by atoms with E-state index in [-0.39, 0.29) is 0 Å². The first-order valence-corrected chi connectivity index (χ1v) is 10.4. The van der Waals surface area contributed by atoms with Crippen molar-refractivity contribution in [2.45, 2.75) is 32.1 Å². The van der Waals surface area contributed by atoms with Gasteiger partial charge >= 0.3 is 0 Å². The number of hydrogen-bond acceptors (Lipinski definition) is 4. The van der Waals surface area contributed by atoms with Gasteiger partial charge in [0.05, 0.1) is 0 Å². The number of thioether (sulfide) groups is 1. The summed E-state index contributed by atoms with van der Waals surface area (Å²) < 4.78 is 0. The smallest absolute Gasteiger partial charge is 0.223 e. The van der Waals surface area contributed by atoms with E-state index in [1.807, 2.05) is 11.8 Å². The summed E-state index contributed by atoms with van der Waals surface area (Å²) in [5, 5.41) is 0.593. The van der Waals surface area contributed by atoms with Crippen LogP contribution in [-0.2, 0) is 11.3 Å². The molecule has 1 saturated heterocycles. The van der Waals surface area contributed by atoms with Crippen LogP contribution in [0.25, 0.3) is 0 Å². The molecule has 1 fully saturated rings. The first-order valence-electron chi connectivity index (χ1n) is 9.39. The zero-order chi connectivity index (χ0) is 18.1. The predicted octanol–water partition coefficient (Wildman–Crippen LogP) is 2.79. The fourth-order valence-corrected chi connectivity index (χ4v) is 3.75. The van der Waals surface area contributed by atoms with Crippen molar-refractivity contribution in [3.05, 3.63) is 35.9 Å². The second-order valence-corrected chi connectivity index (χ2v) is 8.80. The Hall–Kier alpha value is -1.04. The Bertz CT molecular complexity index is 509. The summed E-state index contributed by atoms with van der Waals surface area (Å²) in [5.74, 6) is 1.24. The molecule has 0 spiro atoms. The minimum absolute atomic E-state index is 0.308. The van der Waals surface area contributed by atoms with E-state index in [0.29, 0.717) is 17.6 Å². The molecule has 0 bridgehead atoms. The van der Waals surface area contributed by atoms with E-state index < -0.39 is 0 Å². The Morgan fingerprint density at radius 1 is 1.04 bits per heavy atom. The molecule has 0 radical (unpaired) electrons. The number of carbonyl (C=O) groups is 1. The van der Waals surface area contributed by atoms with Crippen molar-refractivity contribution in [1.29, 1.82) is 0 Å². The normalized spacial score (nSPS) is 18.0. The molecule has 0 saturated carbocycles. The van der Waals surface area contributed by atoms with Gasteiger partial charge in [-0.2, -0.15) is 11.8 Å². The van der Waals surface area contributed by atoms with E-state index in [4.69, 9.17) is 0 Å². The largest absolute Gasteiger partial charge is 0.340 e. The van der Waals surface area contributed by atoms with Gasteiger partial charge in [0.15, 0.2) is 0 Å². The van der Waals surface area contributed by atoms with Gasteiger partial charge in [-0.05, 0) is 17.9 Å². The number of benzene rings is 1. The van der Waals surface area contributed by atoms with Gasteiger partial charge in [-0.1, -0.05) is 44.2 Å². The second-order valence-electron chi connectivity index (χ2n) is 7.12. The summed E-state index contributed by atoms with van der Waals surface area (Å²) in [6.45, 7) is 11.0. The molecule has 1 aromatic carbocycles. The molecular weight excluding hydrogens is 330 g/mol. The van der Waals surface area contributed by atoms with E-state index in [9.17, 15) is 4.79 Å². The molecule has 1 amide bonds. The molecule has 2 rings (SSSR count). The number of rotatable bonds is 6. The Morgan fingerprint density at radius 3 is 2.40 bits per heavy atom. The third kappa shape index (κ3) is 7.80. The van der Waals surface area contributed by atoms with E-state index in [1.54, 1.807) is 0 Å². The average Bonchev–Trinajstić information content (AvgIpc) is 2.67. The Balaban J connectivity index is 1.90. The third-order valence-corrected chi connectivity index (χ3v) is 5.71.